The molecule has 0 heterocycles. The maximum atomic E-state index is 6.29. The van der Waals surface area contributed by atoms with Crippen LogP contribution in [0.4, 0.5) is 0 Å². The van der Waals surface area contributed by atoms with Crippen LogP contribution in [0.1, 0.15) is 17.2 Å². The zero-order valence-electron chi connectivity index (χ0n) is 12.1. The Morgan fingerprint density at radius 3 is 2.45 bits per heavy atom. The van der Waals surface area contributed by atoms with Crippen molar-refractivity contribution in [2.24, 2.45) is 5.92 Å². The van der Waals surface area contributed by atoms with Gasteiger partial charge in [0.1, 0.15) is 11.9 Å². The average molecular weight is 267 g/mol. The van der Waals surface area contributed by atoms with Gasteiger partial charge < -0.3 is 9.64 Å². The summed E-state index contributed by atoms with van der Waals surface area (Å²) in [4.78, 5) is 2.25. The molecule has 0 fully saturated rings. The molecule has 1 aliphatic carbocycles. The molecule has 104 valence electrons. The highest BCUT2D eigenvalue weighted by Crippen LogP contribution is 2.39. The van der Waals surface area contributed by atoms with Crippen LogP contribution in [0.2, 0.25) is 0 Å². The summed E-state index contributed by atoms with van der Waals surface area (Å²) in [5.41, 5.74) is 2.78. The Kier molecular flexibility index (Phi) is 3.75. The second kappa shape index (κ2) is 5.68. The van der Waals surface area contributed by atoms with Crippen LogP contribution in [0.5, 0.6) is 5.75 Å². The van der Waals surface area contributed by atoms with Crippen LogP contribution >= 0.6 is 0 Å². The molecule has 0 unspecified atom stereocenters. The van der Waals surface area contributed by atoms with Gasteiger partial charge in [0, 0.05) is 12.5 Å². The summed E-state index contributed by atoms with van der Waals surface area (Å²) < 4.78 is 6.29. The van der Waals surface area contributed by atoms with E-state index in [4.69, 9.17) is 4.74 Å². The molecule has 20 heavy (non-hydrogen) atoms. The van der Waals surface area contributed by atoms with Crippen molar-refractivity contribution in [3.63, 3.8) is 0 Å². The molecule has 3 rings (SSSR count). The van der Waals surface area contributed by atoms with Crippen molar-refractivity contribution in [3.8, 4) is 5.75 Å². The predicted octanol–water partition coefficient (Wildman–Crippen LogP) is 3.54. The molecule has 2 aromatic carbocycles. The number of fused-ring (bicyclic) bond motifs is 1. The zero-order chi connectivity index (χ0) is 13.9. The summed E-state index contributed by atoms with van der Waals surface area (Å²) in [6.07, 6.45) is 1.27. The molecule has 0 aromatic heterocycles. The van der Waals surface area contributed by atoms with Crippen molar-refractivity contribution in [2.45, 2.75) is 12.5 Å². The first kappa shape index (κ1) is 13.2. The van der Waals surface area contributed by atoms with Gasteiger partial charge in [0.15, 0.2) is 0 Å². The Balaban J connectivity index is 1.87. The summed E-state index contributed by atoms with van der Waals surface area (Å²) in [5, 5.41) is 0. The lowest BCUT2D eigenvalue weighted by atomic mass is 10.0. The monoisotopic (exact) mass is 267 g/mol. The number of ether oxygens (including phenoxy) is 1. The van der Waals surface area contributed by atoms with Crippen LogP contribution in [0.25, 0.3) is 0 Å². The smallest absolute Gasteiger partial charge is 0.128 e. The number of para-hydroxylation sites is 1. The van der Waals surface area contributed by atoms with Crippen LogP contribution < -0.4 is 4.74 Å². The summed E-state index contributed by atoms with van der Waals surface area (Å²) >= 11 is 0. The minimum atomic E-state index is 0.163. The van der Waals surface area contributed by atoms with E-state index in [2.05, 4.69) is 43.3 Å². The van der Waals surface area contributed by atoms with E-state index >= 15 is 0 Å². The molecule has 0 saturated carbocycles. The van der Waals surface area contributed by atoms with Gasteiger partial charge in [0.2, 0.25) is 0 Å². The van der Waals surface area contributed by atoms with Gasteiger partial charge in [0.05, 0.1) is 0 Å². The molecule has 2 nitrogen and oxygen atoms in total. The molecule has 0 spiro atoms. The topological polar surface area (TPSA) is 12.5 Å². The van der Waals surface area contributed by atoms with Gasteiger partial charge in [-0.3, -0.25) is 0 Å². The van der Waals surface area contributed by atoms with Gasteiger partial charge in [-0.25, -0.2) is 0 Å². The third kappa shape index (κ3) is 2.70. The summed E-state index contributed by atoms with van der Waals surface area (Å²) in [7, 11) is 4.26. The number of hydrogen-bond acceptors (Lipinski definition) is 2. The molecular weight excluding hydrogens is 246 g/mol. The Morgan fingerprint density at radius 1 is 1.00 bits per heavy atom. The Hall–Kier alpha value is -1.80. The number of nitrogens with zero attached hydrogens (tertiary/aromatic N) is 1. The Labute approximate surface area is 121 Å². The summed E-state index contributed by atoms with van der Waals surface area (Å²) in [6, 6.07) is 18.8. The minimum absolute atomic E-state index is 0.163. The first-order chi connectivity index (χ1) is 9.74. The molecule has 0 N–H and O–H groups in total. The first-order valence-corrected chi connectivity index (χ1v) is 7.18. The Morgan fingerprint density at radius 2 is 1.70 bits per heavy atom. The van der Waals surface area contributed by atoms with Crippen molar-refractivity contribution in [1.29, 1.82) is 0 Å². The quantitative estimate of drug-likeness (QED) is 0.840. The van der Waals surface area contributed by atoms with Gasteiger partial charge in [-0.2, -0.15) is 0 Å². The number of hydrogen-bond donors (Lipinski definition) is 0. The van der Waals surface area contributed by atoms with Gasteiger partial charge in [-0.1, -0.05) is 42.5 Å². The SMILES string of the molecule is CN(C)C[C@H]1Cc2ccccc2[C@H]1Oc1ccccc1. The fraction of sp³-hybridized carbons (Fsp3) is 0.333. The van der Waals surface area contributed by atoms with E-state index < -0.39 is 0 Å². The van der Waals surface area contributed by atoms with Crippen LogP contribution in [-0.4, -0.2) is 25.5 Å². The van der Waals surface area contributed by atoms with Gasteiger partial charge in [-0.05, 0) is 43.8 Å². The fourth-order valence-corrected chi connectivity index (χ4v) is 3.08. The molecule has 0 aliphatic heterocycles. The van der Waals surface area contributed by atoms with E-state index in [1.807, 2.05) is 30.3 Å². The lowest BCUT2D eigenvalue weighted by Gasteiger charge is -2.24. The maximum absolute atomic E-state index is 6.29. The normalized spacial score (nSPS) is 20.9. The predicted molar refractivity (Wildman–Crippen MR) is 82.0 cm³/mol. The van der Waals surface area contributed by atoms with Crippen molar-refractivity contribution in [1.82, 2.24) is 4.90 Å². The van der Waals surface area contributed by atoms with E-state index in [-0.39, 0.29) is 6.10 Å². The summed E-state index contributed by atoms with van der Waals surface area (Å²) in [5.74, 6) is 1.47. The van der Waals surface area contributed by atoms with Crippen molar-refractivity contribution in [2.75, 3.05) is 20.6 Å². The highest BCUT2D eigenvalue weighted by molar-refractivity contribution is 5.36. The second-order valence-corrected chi connectivity index (χ2v) is 5.78. The number of benzene rings is 2. The standard InChI is InChI=1S/C18H21NO/c1-19(2)13-15-12-14-8-6-7-11-17(14)18(15)20-16-9-4-3-5-10-16/h3-11,15,18H,12-13H2,1-2H3/t15-,18+/m1/s1. The molecular formula is C18H21NO. The molecule has 2 aromatic rings. The lowest BCUT2D eigenvalue weighted by molar-refractivity contribution is 0.128. The molecule has 0 saturated heterocycles. The van der Waals surface area contributed by atoms with Crippen molar-refractivity contribution >= 4 is 0 Å². The third-order valence-electron chi connectivity index (χ3n) is 3.88. The molecule has 1 aliphatic rings. The van der Waals surface area contributed by atoms with Gasteiger partial charge >= 0.3 is 0 Å². The van der Waals surface area contributed by atoms with E-state index in [1.165, 1.54) is 11.1 Å². The van der Waals surface area contributed by atoms with Crippen LogP contribution in [0, 0.1) is 5.92 Å². The highest BCUT2D eigenvalue weighted by Gasteiger charge is 2.34. The minimum Gasteiger partial charge on any atom is -0.485 e. The molecule has 0 radical (unpaired) electrons. The van der Waals surface area contributed by atoms with Crippen molar-refractivity contribution < 1.29 is 4.74 Å². The average Bonchev–Trinajstić information content (AvgIpc) is 2.77. The molecule has 0 amide bonds. The van der Waals surface area contributed by atoms with Gasteiger partial charge in [0.25, 0.3) is 0 Å². The lowest BCUT2D eigenvalue weighted by Crippen LogP contribution is -2.27. The van der Waals surface area contributed by atoms with E-state index in [1.54, 1.807) is 0 Å². The largest absolute Gasteiger partial charge is 0.485 e. The first-order valence-electron chi connectivity index (χ1n) is 7.18. The van der Waals surface area contributed by atoms with Crippen LogP contribution in [0.3, 0.4) is 0 Å². The van der Waals surface area contributed by atoms with E-state index in [9.17, 15) is 0 Å². The maximum Gasteiger partial charge on any atom is 0.128 e. The third-order valence-corrected chi connectivity index (χ3v) is 3.88. The molecule has 2 heteroatoms. The zero-order valence-corrected chi connectivity index (χ0v) is 12.1. The number of rotatable bonds is 4. The van der Waals surface area contributed by atoms with E-state index in [0.29, 0.717) is 5.92 Å². The molecule has 2 atom stereocenters. The van der Waals surface area contributed by atoms with Crippen molar-refractivity contribution in [3.05, 3.63) is 65.7 Å². The van der Waals surface area contributed by atoms with Gasteiger partial charge in [-0.15, -0.1) is 0 Å². The van der Waals surface area contributed by atoms with Crippen LogP contribution in [0.15, 0.2) is 54.6 Å². The Bertz CT molecular complexity index is 565. The second-order valence-electron chi connectivity index (χ2n) is 5.78. The molecule has 0 bridgehead atoms. The fourth-order valence-electron chi connectivity index (χ4n) is 3.08. The van der Waals surface area contributed by atoms with Crippen LogP contribution in [-0.2, 0) is 6.42 Å². The summed E-state index contributed by atoms with van der Waals surface area (Å²) in [6.45, 7) is 1.05. The highest BCUT2D eigenvalue weighted by atomic mass is 16.5. The van der Waals surface area contributed by atoms with E-state index in [0.717, 1.165) is 18.7 Å².